The Morgan fingerprint density at radius 2 is 2.21 bits per heavy atom. The Balaban J connectivity index is 2.61. The van der Waals surface area contributed by atoms with Crippen molar-refractivity contribution in [3.05, 3.63) is 39.9 Å². The predicted molar refractivity (Wildman–Crippen MR) is 82.0 cm³/mol. The zero-order chi connectivity index (χ0) is 14.0. The van der Waals surface area contributed by atoms with E-state index in [-0.39, 0.29) is 10.6 Å². The number of nitrogens with zero attached hydrogens (tertiary/aromatic N) is 1. The molecule has 0 amide bonds. The predicted octanol–water partition coefficient (Wildman–Crippen LogP) is 4.19. The van der Waals surface area contributed by atoms with Gasteiger partial charge in [-0.3, -0.25) is 10.1 Å². The standard InChI is InChI=1S/C13H14N2O2S2/c1-3-10-11(12(14)19-13(10)18-2)8-5-4-6-9(7-8)15(16)17/h4-7H,3,14H2,1-2H3. The second-order valence-corrected chi connectivity index (χ2v) is 6.10. The fraction of sp³-hybridized carbons (Fsp3) is 0.231. The average Bonchev–Trinajstić information content (AvgIpc) is 2.74. The number of benzene rings is 1. The molecule has 1 aromatic carbocycles. The first-order chi connectivity index (χ1) is 9.08. The van der Waals surface area contributed by atoms with Crippen LogP contribution in [0, 0.1) is 10.1 Å². The van der Waals surface area contributed by atoms with Gasteiger partial charge in [-0.25, -0.2) is 0 Å². The highest BCUT2D eigenvalue weighted by Gasteiger charge is 2.18. The van der Waals surface area contributed by atoms with Crippen molar-refractivity contribution in [3.8, 4) is 11.1 Å². The molecule has 19 heavy (non-hydrogen) atoms. The molecule has 0 fully saturated rings. The van der Waals surface area contributed by atoms with E-state index in [1.807, 2.05) is 12.3 Å². The summed E-state index contributed by atoms with van der Waals surface area (Å²) in [6, 6.07) is 6.65. The van der Waals surface area contributed by atoms with Gasteiger partial charge in [-0.15, -0.1) is 23.1 Å². The Morgan fingerprint density at radius 1 is 1.47 bits per heavy atom. The molecule has 1 aromatic heterocycles. The van der Waals surface area contributed by atoms with Crippen molar-refractivity contribution >= 4 is 33.8 Å². The van der Waals surface area contributed by atoms with Crippen molar-refractivity contribution < 1.29 is 4.92 Å². The van der Waals surface area contributed by atoms with Crippen LogP contribution < -0.4 is 5.73 Å². The zero-order valence-corrected chi connectivity index (χ0v) is 12.3. The van der Waals surface area contributed by atoms with Gasteiger partial charge >= 0.3 is 0 Å². The normalized spacial score (nSPS) is 10.6. The highest BCUT2D eigenvalue weighted by molar-refractivity contribution is 8.00. The molecule has 1 heterocycles. The molecule has 0 aliphatic carbocycles. The number of nitro benzene ring substituents is 1. The van der Waals surface area contributed by atoms with E-state index in [4.69, 9.17) is 5.73 Å². The number of rotatable bonds is 4. The van der Waals surface area contributed by atoms with Gasteiger partial charge in [0, 0.05) is 17.7 Å². The topological polar surface area (TPSA) is 69.2 Å². The number of nitrogen functional groups attached to an aromatic ring is 1. The number of nitro groups is 1. The third kappa shape index (κ3) is 2.59. The van der Waals surface area contributed by atoms with E-state index >= 15 is 0 Å². The number of anilines is 1. The first-order valence-corrected chi connectivity index (χ1v) is 7.82. The summed E-state index contributed by atoms with van der Waals surface area (Å²) in [5.41, 5.74) is 9.12. The van der Waals surface area contributed by atoms with E-state index < -0.39 is 0 Å². The van der Waals surface area contributed by atoms with Crippen molar-refractivity contribution in [1.29, 1.82) is 0 Å². The van der Waals surface area contributed by atoms with Gasteiger partial charge in [0.2, 0.25) is 0 Å². The molecule has 2 aromatic rings. The molecule has 0 aliphatic heterocycles. The van der Waals surface area contributed by atoms with E-state index in [0.717, 1.165) is 22.5 Å². The van der Waals surface area contributed by atoms with Crippen molar-refractivity contribution in [2.75, 3.05) is 12.0 Å². The monoisotopic (exact) mass is 294 g/mol. The summed E-state index contributed by atoms with van der Waals surface area (Å²) in [5, 5.41) is 11.6. The first-order valence-electron chi connectivity index (χ1n) is 5.78. The molecule has 0 saturated heterocycles. The molecule has 0 radical (unpaired) electrons. The van der Waals surface area contributed by atoms with Crippen LogP contribution in [0.4, 0.5) is 10.7 Å². The highest BCUT2D eigenvalue weighted by atomic mass is 32.2. The Labute approximate surface area is 119 Å². The van der Waals surface area contributed by atoms with Gasteiger partial charge in [-0.05, 0) is 23.8 Å². The minimum absolute atomic E-state index is 0.0934. The number of thioether (sulfide) groups is 1. The van der Waals surface area contributed by atoms with E-state index in [0.29, 0.717) is 0 Å². The second kappa shape index (κ2) is 5.63. The summed E-state index contributed by atoms with van der Waals surface area (Å²) in [6.45, 7) is 2.07. The Morgan fingerprint density at radius 3 is 2.79 bits per heavy atom. The number of non-ortho nitro benzene ring substituents is 1. The molecule has 0 aliphatic rings. The van der Waals surface area contributed by atoms with Crippen LogP contribution in [-0.4, -0.2) is 11.2 Å². The maximum atomic E-state index is 10.9. The third-order valence-electron chi connectivity index (χ3n) is 2.88. The smallest absolute Gasteiger partial charge is 0.270 e. The molecule has 0 spiro atoms. The second-order valence-electron chi connectivity index (χ2n) is 3.97. The maximum Gasteiger partial charge on any atom is 0.270 e. The van der Waals surface area contributed by atoms with Crippen LogP contribution in [0.5, 0.6) is 0 Å². The molecule has 0 saturated carbocycles. The molecule has 2 rings (SSSR count). The maximum absolute atomic E-state index is 10.9. The molecule has 0 bridgehead atoms. The van der Waals surface area contributed by atoms with E-state index in [1.165, 1.54) is 15.8 Å². The highest BCUT2D eigenvalue weighted by Crippen LogP contribution is 2.43. The quantitative estimate of drug-likeness (QED) is 0.521. The zero-order valence-electron chi connectivity index (χ0n) is 10.7. The van der Waals surface area contributed by atoms with E-state index in [2.05, 4.69) is 6.92 Å². The molecule has 0 atom stereocenters. The Kier molecular flexibility index (Phi) is 4.11. The van der Waals surface area contributed by atoms with Crippen molar-refractivity contribution in [3.63, 3.8) is 0 Å². The average molecular weight is 294 g/mol. The number of thiophene rings is 1. The van der Waals surface area contributed by atoms with E-state index in [9.17, 15) is 10.1 Å². The molecule has 4 nitrogen and oxygen atoms in total. The van der Waals surface area contributed by atoms with Gasteiger partial charge in [-0.2, -0.15) is 0 Å². The van der Waals surface area contributed by atoms with E-state index in [1.54, 1.807) is 35.2 Å². The lowest BCUT2D eigenvalue weighted by Gasteiger charge is -2.05. The summed E-state index contributed by atoms with van der Waals surface area (Å²) in [7, 11) is 0. The Bertz CT molecular complexity index is 623. The molecule has 2 N–H and O–H groups in total. The molecule has 0 unspecified atom stereocenters. The third-order valence-corrected chi connectivity index (χ3v) is 5.10. The van der Waals surface area contributed by atoms with Crippen LogP contribution in [0.25, 0.3) is 11.1 Å². The lowest BCUT2D eigenvalue weighted by molar-refractivity contribution is -0.384. The van der Waals surface area contributed by atoms with Crippen molar-refractivity contribution in [2.45, 2.75) is 17.6 Å². The largest absolute Gasteiger partial charge is 0.390 e. The fourth-order valence-corrected chi connectivity index (χ4v) is 4.05. The van der Waals surface area contributed by atoms with Gasteiger partial charge in [0.15, 0.2) is 0 Å². The van der Waals surface area contributed by atoms with Crippen LogP contribution in [0.2, 0.25) is 0 Å². The van der Waals surface area contributed by atoms with Gasteiger partial charge in [0.1, 0.15) is 0 Å². The van der Waals surface area contributed by atoms with Gasteiger partial charge < -0.3 is 5.73 Å². The summed E-state index contributed by atoms with van der Waals surface area (Å²) >= 11 is 3.21. The molecular formula is C13H14N2O2S2. The summed E-state index contributed by atoms with van der Waals surface area (Å²) < 4.78 is 1.18. The van der Waals surface area contributed by atoms with Crippen LogP contribution in [0.15, 0.2) is 28.5 Å². The Hall–Kier alpha value is -1.53. The van der Waals surface area contributed by atoms with Gasteiger partial charge in [0.05, 0.1) is 14.1 Å². The van der Waals surface area contributed by atoms with Crippen LogP contribution >= 0.6 is 23.1 Å². The van der Waals surface area contributed by atoms with Crippen LogP contribution in [0.3, 0.4) is 0 Å². The summed E-state index contributed by atoms with van der Waals surface area (Å²) in [6.07, 6.45) is 2.88. The number of hydrogen-bond donors (Lipinski definition) is 1. The summed E-state index contributed by atoms with van der Waals surface area (Å²) in [5.74, 6) is 0. The SMILES string of the molecule is CCc1c(SC)sc(N)c1-c1cccc([N+](=O)[O-])c1. The minimum Gasteiger partial charge on any atom is -0.390 e. The van der Waals surface area contributed by atoms with Crippen LogP contribution in [-0.2, 0) is 6.42 Å². The first kappa shape index (κ1) is 13.9. The van der Waals surface area contributed by atoms with Gasteiger partial charge in [-0.1, -0.05) is 19.1 Å². The fourth-order valence-electron chi connectivity index (χ4n) is 2.04. The molecule has 6 heteroatoms. The summed E-state index contributed by atoms with van der Waals surface area (Å²) in [4.78, 5) is 10.5. The van der Waals surface area contributed by atoms with Crippen LogP contribution in [0.1, 0.15) is 12.5 Å². The van der Waals surface area contributed by atoms with Crippen molar-refractivity contribution in [1.82, 2.24) is 0 Å². The lowest BCUT2D eigenvalue weighted by atomic mass is 10.0. The van der Waals surface area contributed by atoms with Crippen molar-refractivity contribution in [2.24, 2.45) is 0 Å². The van der Waals surface area contributed by atoms with Gasteiger partial charge in [0.25, 0.3) is 5.69 Å². The molecule has 100 valence electrons. The minimum atomic E-state index is -0.382. The number of nitrogens with two attached hydrogens (primary N) is 1. The molecular weight excluding hydrogens is 280 g/mol. The lowest BCUT2D eigenvalue weighted by Crippen LogP contribution is -1.91. The number of hydrogen-bond acceptors (Lipinski definition) is 5.